The molecule has 4 atom stereocenters. The molecule has 7 nitrogen and oxygen atoms in total. The molecule has 1 spiro atoms. The Morgan fingerprint density at radius 2 is 1.74 bits per heavy atom. The molecular weight excluding hydrogens is 600 g/mol. The number of fused-ring (bicyclic) bond motifs is 2. The molecule has 38 heavy (non-hydrogen) atoms. The third kappa shape index (κ3) is 5.52. The number of rotatable bonds is 3. The minimum atomic E-state index is -5.08. The van der Waals surface area contributed by atoms with E-state index < -0.39 is 47.3 Å². The average molecular weight is 624 g/mol. The number of anilines is 1. The molecule has 0 radical (unpaired) electrons. The van der Waals surface area contributed by atoms with Gasteiger partial charge in [-0.2, -0.15) is 13.2 Å². The van der Waals surface area contributed by atoms with Gasteiger partial charge >= 0.3 is 18.1 Å². The first-order valence-electron chi connectivity index (χ1n) is 11.3. The summed E-state index contributed by atoms with van der Waals surface area (Å²) in [5.74, 6) is -5.92. The van der Waals surface area contributed by atoms with Crippen molar-refractivity contribution >= 4 is 51.1 Å². The number of hydrogen-bond acceptors (Lipinski definition) is 4. The van der Waals surface area contributed by atoms with Crippen LogP contribution in [0.1, 0.15) is 44.2 Å². The molecule has 1 amide bonds. The third-order valence-corrected chi connectivity index (χ3v) is 7.23. The zero-order valence-electron chi connectivity index (χ0n) is 20.3. The summed E-state index contributed by atoms with van der Waals surface area (Å²) in [5, 5.41) is 23.2. The van der Waals surface area contributed by atoms with E-state index in [-0.39, 0.29) is 21.9 Å². The SMILES string of the molecule is CC(C)(C)C[C@@H]1N[C@H](C(=O)O)[C@H](c2cccc(Cl)c2F)[C@]12C(=O)Nc1cc(Br)ccc12.O=C(O)C(F)(F)F. The van der Waals surface area contributed by atoms with Gasteiger partial charge in [0.15, 0.2) is 0 Å². The van der Waals surface area contributed by atoms with Gasteiger partial charge in [-0.1, -0.05) is 66.5 Å². The molecular formula is C25H24BrClF4N2O5. The highest BCUT2D eigenvalue weighted by atomic mass is 79.9. The lowest BCUT2D eigenvalue weighted by atomic mass is 9.62. The van der Waals surface area contributed by atoms with Gasteiger partial charge in [-0.15, -0.1) is 0 Å². The summed E-state index contributed by atoms with van der Waals surface area (Å²) >= 11 is 9.49. The Labute approximate surface area is 228 Å². The molecule has 1 fully saturated rings. The van der Waals surface area contributed by atoms with Crippen LogP contribution in [0.2, 0.25) is 5.02 Å². The zero-order chi connectivity index (χ0) is 28.8. The van der Waals surface area contributed by atoms with Crippen molar-refractivity contribution < 1.29 is 42.2 Å². The van der Waals surface area contributed by atoms with E-state index in [4.69, 9.17) is 21.5 Å². The van der Waals surface area contributed by atoms with Crippen molar-refractivity contribution in [2.45, 2.75) is 56.8 Å². The summed E-state index contributed by atoms with van der Waals surface area (Å²) in [7, 11) is 0. The molecule has 2 aliphatic rings. The van der Waals surface area contributed by atoms with Crippen LogP contribution in [0, 0.1) is 11.2 Å². The molecule has 2 aromatic rings. The Hall–Kier alpha value is -2.70. The Morgan fingerprint density at radius 1 is 1.13 bits per heavy atom. The molecule has 4 N–H and O–H groups in total. The normalized spacial score (nSPS) is 24.4. The quantitative estimate of drug-likeness (QED) is 0.326. The van der Waals surface area contributed by atoms with Crippen molar-refractivity contribution in [2.75, 3.05) is 5.32 Å². The van der Waals surface area contributed by atoms with E-state index >= 15 is 4.39 Å². The fourth-order valence-corrected chi connectivity index (χ4v) is 5.68. The second kappa shape index (κ2) is 10.5. The summed E-state index contributed by atoms with van der Waals surface area (Å²) in [6, 6.07) is 8.24. The van der Waals surface area contributed by atoms with E-state index in [0.29, 0.717) is 17.7 Å². The second-order valence-corrected chi connectivity index (χ2v) is 11.6. The molecule has 2 aromatic carbocycles. The molecule has 0 saturated carbocycles. The Balaban J connectivity index is 0.000000505. The van der Waals surface area contributed by atoms with Crippen LogP contribution in [0.5, 0.6) is 0 Å². The summed E-state index contributed by atoms with van der Waals surface area (Å²) in [4.78, 5) is 34.9. The minimum Gasteiger partial charge on any atom is -0.480 e. The molecule has 0 aromatic heterocycles. The summed E-state index contributed by atoms with van der Waals surface area (Å²) < 4.78 is 47.8. The summed E-state index contributed by atoms with van der Waals surface area (Å²) in [6.07, 6.45) is -4.57. The molecule has 1 saturated heterocycles. The van der Waals surface area contributed by atoms with E-state index in [9.17, 15) is 27.9 Å². The molecule has 2 aliphatic heterocycles. The highest BCUT2D eigenvalue weighted by Crippen LogP contribution is 2.57. The lowest BCUT2D eigenvalue weighted by molar-refractivity contribution is -0.192. The van der Waals surface area contributed by atoms with E-state index in [1.165, 1.54) is 12.1 Å². The molecule has 0 unspecified atom stereocenters. The lowest BCUT2D eigenvalue weighted by Gasteiger charge is -2.37. The third-order valence-electron chi connectivity index (χ3n) is 6.45. The fraction of sp³-hybridized carbons (Fsp3) is 0.400. The first-order valence-corrected chi connectivity index (χ1v) is 12.4. The van der Waals surface area contributed by atoms with Gasteiger partial charge in [-0.05, 0) is 41.2 Å². The van der Waals surface area contributed by atoms with Gasteiger partial charge in [0.1, 0.15) is 17.3 Å². The average Bonchev–Trinajstić information content (AvgIpc) is 3.24. The van der Waals surface area contributed by atoms with Crippen molar-refractivity contribution in [1.82, 2.24) is 5.32 Å². The highest BCUT2D eigenvalue weighted by molar-refractivity contribution is 9.10. The number of hydrogen-bond donors (Lipinski definition) is 4. The Kier molecular flexibility index (Phi) is 8.22. The van der Waals surface area contributed by atoms with Gasteiger partial charge < -0.3 is 15.5 Å². The number of benzene rings is 2. The smallest absolute Gasteiger partial charge is 0.480 e. The second-order valence-electron chi connectivity index (χ2n) is 10.2. The maximum atomic E-state index is 15.3. The van der Waals surface area contributed by atoms with Crippen LogP contribution in [-0.2, 0) is 19.8 Å². The first-order chi connectivity index (χ1) is 17.4. The van der Waals surface area contributed by atoms with Gasteiger partial charge in [0.05, 0.1) is 5.02 Å². The van der Waals surface area contributed by atoms with Crippen LogP contribution in [0.15, 0.2) is 40.9 Å². The summed E-state index contributed by atoms with van der Waals surface area (Å²) in [6.45, 7) is 6.09. The topological polar surface area (TPSA) is 116 Å². The van der Waals surface area contributed by atoms with Crippen molar-refractivity contribution in [3.05, 3.63) is 62.8 Å². The molecule has 0 bridgehead atoms. The Morgan fingerprint density at radius 3 is 2.26 bits per heavy atom. The van der Waals surface area contributed by atoms with E-state index in [1.807, 2.05) is 32.9 Å². The number of nitrogens with one attached hydrogen (secondary N) is 2. The van der Waals surface area contributed by atoms with Crippen molar-refractivity contribution in [2.24, 2.45) is 5.41 Å². The number of carboxylic acids is 2. The molecule has 206 valence electrons. The number of carbonyl (C=O) groups excluding carboxylic acids is 1. The maximum Gasteiger partial charge on any atom is 0.490 e. The van der Waals surface area contributed by atoms with Gasteiger partial charge in [-0.25, -0.2) is 9.18 Å². The summed E-state index contributed by atoms with van der Waals surface area (Å²) in [5.41, 5.74) is -0.143. The molecule has 4 rings (SSSR count). The molecule has 13 heteroatoms. The largest absolute Gasteiger partial charge is 0.490 e. The van der Waals surface area contributed by atoms with Crippen LogP contribution in [0.4, 0.5) is 23.2 Å². The maximum absolute atomic E-state index is 15.3. The van der Waals surface area contributed by atoms with Gasteiger partial charge in [-0.3, -0.25) is 14.9 Å². The number of carbonyl (C=O) groups is 3. The molecule has 2 heterocycles. The van der Waals surface area contributed by atoms with Crippen molar-refractivity contribution in [3.63, 3.8) is 0 Å². The van der Waals surface area contributed by atoms with Crippen molar-refractivity contribution in [1.29, 1.82) is 0 Å². The standard InChI is InChI=1S/C23H23BrClFN2O3.C2HF3O2/c1-22(2,3)10-16-23(13-8-7-11(24)9-15(13)27-21(23)31)17(19(28-16)20(29)30)12-5-4-6-14(25)18(12)26;3-2(4,5)1(6)7/h4-9,16-17,19,28H,10H2,1-3H3,(H,27,31)(H,29,30);(H,6,7)/t16-,17-,19-,23+;/m0./s1. The van der Waals surface area contributed by atoms with Gasteiger partial charge in [0.2, 0.25) is 5.91 Å². The van der Waals surface area contributed by atoms with Crippen LogP contribution < -0.4 is 10.6 Å². The highest BCUT2D eigenvalue weighted by Gasteiger charge is 2.66. The van der Waals surface area contributed by atoms with E-state index in [1.54, 1.807) is 12.1 Å². The van der Waals surface area contributed by atoms with E-state index in [0.717, 1.165) is 4.47 Å². The van der Waals surface area contributed by atoms with Gasteiger partial charge in [0, 0.05) is 22.1 Å². The monoisotopic (exact) mass is 622 g/mol. The van der Waals surface area contributed by atoms with Crippen LogP contribution in [0.25, 0.3) is 0 Å². The predicted molar refractivity (Wildman–Crippen MR) is 135 cm³/mol. The number of alkyl halides is 3. The van der Waals surface area contributed by atoms with Crippen molar-refractivity contribution in [3.8, 4) is 0 Å². The predicted octanol–water partition coefficient (Wildman–Crippen LogP) is 5.71. The fourth-order valence-electron chi connectivity index (χ4n) is 5.14. The lowest BCUT2D eigenvalue weighted by Crippen LogP contribution is -2.49. The number of amides is 1. The number of aliphatic carboxylic acids is 2. The first kappa shape index (κ1) is 29.9. The number of halogens is 6. The van der Waals surface area contributed by atoms with E-state index in [2.05, 4.69) is 26.6 Å². The minimum absolute atomic E-state index is 0.106. The van der Waals surface area contributed by atoms with Crippen LogP contribution in [-0.4, -0.2) is 46.3 Å². The van der Waals surface area contributed by atoms with Gasteiger partial charge in [0.25, 0.3) is 0 Å². The van der Waals surface area contributed by atoms with Crippen LogP contribution in [0.3, 0.4) is 0 Å². The zero-order valence-corrected chi connectivity index (χ0v) is 22.6. The van der Waals surface area contributed by atoms with Crippen LogP contribution >= 0.6 is 27.5 Å². The molecule has 0 aliphatic carbocycles. The Bertz CT molecular complexity index is 1280. The number of carboxylic acid groups (broad SMARTS) is 2.